The smallest absolute Gasteiger partial charge is 0.0701 e. The van der Waals surface area contributed by atoms with Crippen molar-refractivity contribution >= 4 is 0 Å². The maximum atomic E-state index is 5.52. The Labute approximate surface area is 111 Å². The summed E-state index contributed by atoms with van der Waals surface area (Å²) in [4.78, 5) is 0. The van der Waals surface area contributed by atoms with Gasteiger partial charge in [-0.25, -0.2) is 0 Å². The fraction of sp³-hybridized carbons (Fsp3) is 0.846. The molecule has 0 unspecified atom stereocenters. The summed E-state index contributed by atoms with van der Waals surface area (Å²) >= 11 is 0. The molecule has 0 aromatic rings. The van der Waals surface area contributed by atoms with Gasteiger partial charge in [-0.3, -0.25) is 5.01 Å². The minimum Gasteiger partial charge on any atom is -0.379 e. The Hall–Kier alpha value is -0.780. The molecule has 0 bridgehead atoms. The van der Waals surface area contributed by atoms with Gasteiger partial charge in [0.1, 0.15) is 0 Å². The number of rotatable bonds is 7. The number of ether oxygens (including phenoxy) is 2. The Balaban J connectivity index is 2.24. The van der Waals surface area contributed by atoms with Crippen LogP contribution in [0.5, 0.6) is 0 Å². The molecule has 106 valence electrons. The fourth-order valence-corrected chi connectivity index (χ4v) is 1.60. The summed E-state index contributed by atoms with van der Waals surface area (Å²) in [6, 6.07) is 0. The molecule has 0 radical (unpaired) electrons. The van der Waals surface area contributed by atoms with E-state index in [-0.39, 0.29) is 5.41 Å². The molecular formula is C13H27N3O2. The van der Waals surface area contributed by atoms with Gasteiger partial charge in [-0.05, 0) is 6.92 Å². The molecule has 0 atom stereocenters. The molecule has 0 saturated heterocycles. The number of hydrogen-bond donors (Lipinski definition) is 1. The first kappa shape index (κ1) is 15.3. The molecule has 0 fully saturated rings. The lowest BCUT2D eigenvalue weighted by molar-refractivity contribution is -0.00592. The predicted octanol–water partition coefficient (Wildman–Crippen LogP) is 1.59. The number of allylic oxidation sites excluding steroid dienone is 1. The van der Waals surface area contributed by atoms with Crippen LogP contribution in [0.25, 0.3) is 0 Å². The van der Waals surface area contributed by atoms with Crippen LogP contribution in [-0.2, 0) is 9.47 Å². The summed E-state index contributed by atoms with van der Waals surface area (Å²) < 4.78 is 10.7. The second-order valence-corrected chi connectivity index (χ2v) is 5.40. The van der Waals surface area contributed by atoms with E-state index in [1.165, 1.54) is 5.70 Å². The Bertz CT molecular complexity index is 274. The van der Waals surface area contributed by atoms with Crippen molar-refractivity contribution in [1.82, 2.24) is 15.6 Å². The third kappa shape index (κ3) is 4.84. The normalized spacial score (nSPS) is 16.9. The Morgan fingerprint density at radius 3 is 2.39 bits per heavy atom. The molecule has 5 heteroatoms. The predicted molar refractivity (Wildman–Crippen MR) is 72.5 cm³/mol. The van der Waals surface area contributed by atoms with Gasteiger partial charge < -0.3 is 14.9 Å². The van der Waals surface area contributed by atoms with Crippen LogP contribution in [-0.4, -0.2) is 50.1 Å². The molecule has 18 heavy (non-hydrogen) atoms. The van der Waals surface area contributed by atoms with E-state index in [0.717, 1.165) is 13.2 Å². The fourth-order valence-electron chi connectivity index (χ4n) is 1.60. The molecule has 1 heterocycles. The van der Waals surface area contributed by atoms with Gasteiger partial charge in [0.2, 0.25) is 0 Å². The lowest BCUT2D eigenvalue weighted by Gasteiger charge is -2.25. The molecule has 0 aromatic heterocycles. The minimum absolute atomic E-state index is 0.138. The molecule has 1 N–H and O–H groups in total. The van der Waals surface area contributed by atoms with E-state index in [2.05, 4.69) is 37.4 Å². The van der Waals surface area contributed by atoms with Crippen molar-refractivity contribution in [3.8, 4) is 0 Å². The molecule has 1 aliphatic heterocycles. The highest BCUT2D eigenvalue weighted by atomic mass is 16.5. The quantitative estimate of drug-likeness (QED) is 0.701. The highest BCUT2D eigenvalue weighted by Crippen LogP contribution is 2.26. The number of hydrogen-bond acceptors (Lipinski definition) is 5. The third-order valence-corrected chi connectivity index (χ3v) is 2.79. The largest absolute Gasteiger partial charge is 0.379 e. The molecule has 5 nitrogen and oxygen atoms in total. The van der Waals surface area contributed by atoms with Crippen LogP contribution in [0.1, 0.15) is 27.7 Å². The van der Waals surface area contributed by atoms with Crippen LogP contribution in [0.2, 0.25) is 0 Å². The average Bonchev–Trinajstić information content (AvgIpc) is 2.65. The summed E-state index contributed by atoms with van der Waals surface area (Å²) in [6.45, 7) is 12.2. The number of nitrogens with zero attached hydrogens (tertiary/aromatic N) is 2. The summed E-state index contributed by atoms with van der Waals surface area (Å²) in [5, 5.41) is 4.12. The molecule has 0 aliphatic carbocycles. The molecule has 0 aromatic carbocycles. The Morgan fingerprint density at radius 1 is 1.17 bits per heavy atom. The van der Waals surface area contributed by atoms with Crippen LogP contribution in [0, 0.1) is 5.41 Å². The molecule has 0 amide bonds. The molecular weight excluding hydrogens is 230 g/mol. The maximum Gasteiger partial charge on any atom is 0.0701 e. The zero-order valence-electron chi connectivity index (χ0n) is 12.3. The van der Waals surface area contributed by atoms with E-state index in [1.807, 2.05) is 19.1 Å². The van der Waals surface area contributed by atoms with Gasteiger partial charge in [0.05, 0.1) is 32.1 Å². The Morgan fingerprint density at radius 2 is 1.83 bits per heavy atom. The van der Waals surface area contributed by atoms with Gasteiger partial charge in [-0.1, -0.05) is 20.8 Å². The Kier molecular flexibility index (Phi) is 5.91. The van der Waals surface area contributed by atoms with Gasteiger partial charge in [0.25, 0.3) is 0 Å². The third-order valence-electron chi connectivity index (χ3n) is 2.79. The van der Waals surface area contributed by atoms with Gasteiger partial charge >= 0.3 is 0 Å². The lowest BCUT2D eigenvalue weighted by Crippen LogP contribution is -2.41. The average molecular weight is 257 g/mol. The van der Waals surface area contributed by atoms with E-state index in [4.69, 9.17) is 9.47 Å². The number of nitrogens with one attached hydrogen (secondary N) is 1. The van der Waals surface area contributed by atoms with Crippen molar-refractivity contribution in [2.24, 2.45) is 5.41 Å². The second kappa shape index (κ2) is 6.97. The van der Waals surface area contributed by atoms with E-state index in [1.54, 1.807) is 0 Å². The second-order valence-electron chi connectivity index (χ2n) is 5.40. The van der Waals surface area contributed by atoms with Crippen molar-refractivity contribution in [2.75, 3.05) is 40.0 Å². The van der Waals surface area contributed by atoms with Crippen LogP contribution < -0.4 is 5.43 Å². The van der Waals surface area contributed by atoms with E-state index in [9.17, 15) is 0 Å². The SMILES string of the molecule is CCOCCOCCN1C=C(C(C)(C)C)NN1C. The summed E-state index contributed by atoms with van der Waals surface area (Å²) in [6.07, 6.45) is 2.14. The topological polar surface area (TPSA) is 37.0 Å². The zero-order valence-corrected chi connectivity index (χ0v) is 12.3. The summed E-state index contributed by atoms with van der Waals surface area (Å²) in [7, 11) is 2.01. The van der Waals surface area contributed by atoms with Crippen LogP contribution in [0.15, 0.2) is 11.9 Å². The summed E-state index contributed by atoms with van der Waals surface area (Å²) in [5.74, 6) is 0. The van der Waals surface area contributed by atoms with E-state index >= 15 is 0 Å². The zero-order chi connectivity index (χ0) is 13.6. The minimum atomic E-state index is 0.138. The van der Waals surface area contributed by atoms with Gasteiger partial charge in [-0.15, -0.1) is 5.12 Å². The first-order valence-electron chi connectivity index (χ1n) is 6.60. The maximum absolute atomic E-state index is 5.52. The van der Waals surface area contributed by atoms with Crippen molar-refractivity contribution < 1.29 is 9.47 Å². The first-order valence-corrected chi connectivity index (χ1v) is 6.60. The van der Waals surface area contributed by atoms with Crippen molar-refractivity contribution in [3.63, 3.8) is 0 Å². The standard InChI is InChI=1S/C13H27N3O2/c1-6-17-9-10-18-8-7-16-11-12(13(2,3)4)14-15(16)5/h11,14H,6-10H2,1-5H3. The van der Waals surface area contributed by atoms with Crippen LogP contribution >= 0.6 is 0 Å². The van der Waals surface area contributed by atoms with E-state index in [0.29, 0.717) is 19.8 Å². The van der Waals surface area contributed by atoms with Gasteiger partial charge in [-0.2, -0.15) is 0 Å². The highest BCUT2D eigenvalue weighted by Gasteiger charge is 2.25. The van der Waals surface area contributed by atoms with Crippen LogP contribution in [0.4, 0.5) is 0 Å². The molecule has 1 rings (SSSR count). The monoisotopic (exact) mass is 257 g/mol. The van der Waals surface area contributed by atoms with Crippen molar-refractivity contribution in [2.45, 2.75) is 27.7 Å². The summed E-state index contributed by atoms with van der Waals surface area (Å²) in [5.41, 5.74) is 4.70. The highest BCUT2D eigenvalue weighted by molar-refractivity contribution is 5.10. The van der Waals surface area contributed by atoms with Crippen molar-refractivity contribution in [1.29, 1.82) is 0 Å². The van der Waals surface area contributed by atoms with Gasteiger partial charge in [0, 0.05) is 25.3 Å². The number of hydrazine groups is 2. The molecule has 0 saturated carbocycles. The van der Waals surface area contributed by atoms with Gasteiger partial charge in [0.15, 0.2) is 0 Å². The molecule has 1 aliphatic rings. The molecule has 0 spiro atoms. The lowest BCUT2D eigenvalue weighted by atomic mass is 9.93. The van der Waals surface area contributed by atoms with Crippen LogP contribution in [0.3, 0.4) is 0 Å². The van der Waals surface area contributed by atoms with E-state index < -0.39 is 0 Å². The first-order chi connectivity index (χ1) is 8.45. The van der Waals surface area contributed by atoms with Crippen molar-refractivity contribution in [3.05, 3.63) is 11.9 Å².